The fourth-order valence-corrected chi connectivity index (χ4v) is 3.55. The smallest absolute Gasteiger partial charge is 0.163 e. The summed E-state index contributed by atoms with van der Waals surface area (Å²) in [5.41, 5.74) is 2.31. The van der Waals surface area contributed by atoms with Gasteiger partial charge < -0.3 is 14.5 Å². The summed E-state index contributed by atoms with van der Waals surface area (Å²) in [6.45, 7) is 8.40. The summed E-state index contributed by atoms with van der Waals surface area (Å²) in [6, 6.07) is 23.2. The Bertz CT molecular complexity index is 909. The molecule has 0 saturated carbocycles. The molecule has 0 amide bonds. The third-order valence-electron chi connectivity index (χ3n) is 5.18. The fourth-order valence-electron chi connectivity index (χ4n) is 3.55. The van der Waals surface area contributed by atoms with Crippen molar-refractivity contribution in [1.82, 2.24) is 9.97 Å². The first-order valence-corrected chi connectivity index (χ1v) is 10.3. The number of nitrogens with zero attached hydrogens (tertiary/aromatic N) is 4. The fraction of sp³-hybridized carbons (Fsp3) is 0.333. The normalized spacial score (nSPS) is 14.2. The van der Waals surface area contributed by atoms with Crippen molar-refractivity contribution in [2.24, 2.45) is 0 Å². The average Bonchev–Trinajstić information content (AvgIpc) is 2.79. The highest BCUT2D eigenvalue weighted by Crippen LogP contribution is 2.27. The first kappa shape index (κ1) is 19.4. The van der Waals surface area contributed by atoms with E-state index in [1.54, 1.807) is 0 Å². The van der Waals surface area contributed by atoms with Crippen molar-refractivity contribution in [2.75, 3.05) is 36.1 Å². The van der Waals surface area contributed by atoms with Crippen LogP contribution in [0, 0.1) is 0 Å². The lowest BCUT2D eigenvalue weighted by Gasteiger charge is -2.31. The van der Waals surface area contributed by atoms with Crippen LogP contribution in [0.25, 0.3) is 11.4 Å². The van der Waals surface area contributed by atoms with Crippen LogP contribution in [0.2, 0.25) is 0 Å². The Balaban J connectivity index is 1.75. The molecule has 1 aromatic heterocycles. The van der Waals surface area contributed by atoms with Gasteiger partial charge >= 0.3 is 0 Å². The zero-order chi connectivity index (χ0) is 20.1. The van der Waals surface area contributed by atoms with Gasteiger partial charge in [-0.15, -0.1) is 0 Å². The number of hydrogen-bond donors (Lipinski definition) is 0. The zero-order valence-corrected chi connectivity index (χ0v) is 17.2. The summed E-state index contributed by atoms with van der Waals surface area (Å²) in [6.07, 6.45) is 0. The van der Waals surface area contributed by atoms with E-state index in [1.165, 1.54) is 5.56 Å². The largest absolute Gasteiger partial charge is 0.378 e. The first-order chi connectivity index (χ1) is 14.2. The summed E-state index contributed by atoms with van der Waals surface area (Å²) in [5.74, 6) is 2.69. The molecule has 0 atom stereocenters. The molecule has 1 fully saturated rings. The van der Waals surface area contributed by atoms with Crippen molar-refractivity contribution in [3.63, 3.8) is 0 Å². The molecule has 0 unspecified atom stereocenters. The maximum atomic E-state index is 5.54. The molecule has 2 heterocycles. The van der Waals surface area contributed by atoms with Crippen LogP contribution in [0.15, 0.2) is 66.7 Å². The van der Waals surface area contributed by atoms with E-state index >= 15 is 0 Å². The molecular weight excluding hydrogens is 360 g/mol. The average molecular weight is 389 g/mol. The summed E-state index contributed by atoms with van der Waals surface area (Å²) in [5, 5.41) is 0. The third-order valence-corrected chi connectivity index (χ3v) is 5.18. The van der Waals surface area contributed by atoms with Crippen LogP contribution in [0.4, 0.5) is 11.6 Å². The molecule has 0 spiro atoms. The van der Waals surface area contributed by atoms with Gasteiger partial charge in [-0.1, -0.05) is 60.7 Å². The van der Waals surface area contributed by atoms with Gasteiger partial charge in [-0.3, -0.25) is 0 Å². The minimum atomic E-state index is 0.311. The molecule has 1 saturated heterocycles. The van der Waals surface area contributed by atoms with Crippen LogP contribution < -0.4 is 9.80 Å². The number of rotatable bonds is 6. The molecular formula is C24H28N4O. The van der Waals surface area contributed by atoms with Crippen molar-refractivity contribution >= 4 is 11.6 Å². The Morgan fingerprint density at radius 2 is 1.59 bits per heavy atom. The van der Waals surface area contributed by atoms with Crippen molar-refractivity contribution in [3.05, 3.63) is 72.3 Å². The number of ether oxygens (including phenoxy) is 1. The van der Waals surface area contributed by atoms with Gasteiger partial charge in [0.1, 0.15) is 11.6 Å². The highest BCUT2D eigenvalue weighted by molar-refractivity contribution is 5.62. The second-order valence-corrected chi connectivity index (χ2v) is 7.58. The van der Waals surface area contributed by atoms with E-state index < -0.39 is 0 Å². The Kier molecular flexibility index (Phi) is 6.06. The van der Waals surface area contributed by atoms with Crippen LogP contribution in [-0.4, -0.2) is 42.3 Å². The molecule has 5 nitrogen and oxygen atoms in total. The van der Waals surface area contributed by atoms with E-state index in [9.17, 15) is 0 Å². The first-order valence-electron chi connectivity index (χ1n) is 10.3. The molecule has 3 aromatic rings. The van der Waals surface area contributed by atoms with Gasteiger partial charge in [-0.25, -0.2) is 9.97 Å². The van der Waals surface area contributed by atoms with Crippen molar-refractivity contribution in [1.29, 1.82) is 0 Å². The van der Waals surface area contributed by atoms with E-state index in [4.69, 9.17) is 14.7 Å². The Morgan fingerprint density at radius 1 is 0.931 bits per heavy atom. The van der Waals surface area contributed by atoms with Crippen LogP contribution in [-0.2, 0) is 11.3 Å². The van der Waals surface area contributed by atoms with Gasteiger partial charge in [-0.2, -0.15) is 0 Å². The lowest BCUT2D eigenvalue weighted by molar-refractivity contribution is 0.122. The molecule has 29 heavy (non-hydrogen) atoms. The molecule has 0 aliphatic carbocycles. The van der Waals surface area contributed by atoms with Crippen molar-refractivity contribution in [3.8, 4) is 11.4 Å². The third kappa shape index (κ3) is 4.74. The molecule has 4 rings (SSSR count). The molecule has 0 radical (unpaired) electrons. The van der Waals surface area contributed by atoms with Gasteiger partial charge in [0.15, 0.2) is 5.82 Å². The minimum Gasteiger partial charge on any atom is -0.378 e. The van der Waals surface area contributed by atoms with E-state index in [1.807, 2.05) is 18.2 Å². The highest BCUT2D eigenvalue weighted by atomic mass is 16.5. The van der Waals surface area contributed by atoms with E-state index in [-0.39, 0.29) is 0 Å². The van der Waals surface area contributed by atoms with Crippen LogP contribution in [0.3, 0.4) is 0 Å². The molecule has 2 aromatic carbocycles. The molecule has 1 aliphatic rings. The van der Waals surface area contributed by atoms with Crippen LogP contribution in [0.5, 0.6) is 0 Å². The highest BCUT2D eigenvalue weighted by Gasteiger charge is 2.20. The SMILES string of the molecule is CC(C)N(Cc1ccccc1)c1cc(N2CCOCC2)nc(-c2ccccc2)n1. The summed E-state index contributed by atoms with van der Waals surface area (Å²) in [4.78, 5) is 14.5. The Labute approximate surface area is 173 Å². The zero-order valence-electron chi connectivity index (χ0n) is 17.2. The predicted molar refractivity (Wildman–Crippen MR) is 118 cm³/mol. The lowest BCUT2D eigenvalue weighted by Crippen LogP contribution is -2.37. The predicted octanol–water partition coefficient (Wildman–Crippen LogP) is 4.40. The minimum absolute atomic E-state index is 0.311. The second kappa shape index (κ2) is 9.05. The van der Waals surface area contributed by atoms with Gasteiger partial charge in [0, 0.05) is 37.3 Å². The number of aromatic nitrogens is 2. The number of benzene rings is 2. The quantitative estimate of drug-likeness (QED) is 0.626. The topological polar surface area (TPSA) is 41.5 Å². The lowest BCUT2D eigenvalue weighted by atomic mass is 10.1. The summed E-state index contributed by atoms with van der Waals surface area (Å²) in [7, 11) is 0. The Hall–Kier alpha value is -2.92. The molecule has 0 N–H and O–H groups in total. The summed E-state index contributed by atoms with van der Waals surface area (Å²) >= 11 is 0. The van der Waals surface area contributed by atoms with E-state index in [2.05, 4.69) is 72.2 Å². The second-order valence-electron chi connectivity index (χ2n) is 7.58. The number of anilines is 2. The van der Waals surface area contributed by atoms with E-state index in [0.29, 0.717) is 6.04 Å². The van der Waals surface area contributed by atoms with E-state index in [0.717, 1.165) is 55.9 Å². The number of hydrogen-bond acceptors (Lipinski definition) is 5. The maximum Gasteiger partial charge on any atom is 0.163 e. The molecule has 5 heteroatoms. The molecule has 150 valence electrons. The molecule has 1 aliphatic heterocycles. The molecule has 0 bridgehead atoms. The maximum absolute atomic E-state index is 5.54. The van der Waals surface area contributed by atoms with Crippen molar-refractivity contribution < 1.29 is 4.74 Å². The number of morpholine rings is 1. The van der Waals surface area contributed by atoms with Gasteiger partial charge in [0.25, 0.3) is 0 Å². The van der Waals surface area contributed by atoms with Crippen LogP contribution in [0.1, 0.15) is 19.4 Å². The van der Waals surface area contributed by atoms with Gasteiger partial charge in [-0.05, 0) is 19.4 Å². The Morgan fingerprint density at radius 3 is 2.24 bits per heavy atom. The standard InChI is InChI=1S/C24H28N4O/c1-19(2)28(18-20-9-5-3-6-10-20)23-17-22(27-13-15-29-16-14-27)25-24(26-23)21-11-7-4-8-12-21/h3-12,17,19H,13-16,18H2,1-2H3. The summed E-state index contributed by atoms with van der Waals surface area (Å²) < 4.78 is 5.54. The van der Waals surface area contributed by atoms with Gasteiger partial charge in [0.2, 0.25) is 0 Å². The van der Waals surface area contributed by atoms with Crippen molar-refractivity contribution in [2.45, 2.75) is 26.4 Å². The monoisotopic (exact) mass is 388 g/mol. The van der Waals surface area contributed by atoms with Gasteiger partial charge in [0.05, 0.1) is 13.2 Å². The van der Waals surface area contributed by atoms with Crippen LogP contribution >= 0.6 is 0 Å².